The first-order chi connectivity index (χ1) is 20.7. The van der Waals surface area contributed by atoms with Crippen LogP contribution in [0.5, 0.6) is 0 Å². The van der Waals surface area contributed by atoms with Crippen LogP contribution in [0, 0.1) is 0 Å². The zero-order valence-electron chi connectivity index (χ0n) is 24.1. The fourth-order valence-corrected chi connectivity index (χ4v) is 6.76. The molecule has 1 fully saturated rings. The zero-order valence-corrected chi connectivity index (χ0v) is 24.1. The number of nitrogens with zero attached hydrogens (tertiary/aromatic N) is 4. The number of aryl methyl sites for hydroxylation is 1. The summed E-state index contributed by atoms with van der Waals surface area (Å²) < 4.78 is 47.2. The highest BCUT2D eigenvalue weighted by molar-refractivity contribution is 6.11. The fraction of sp³-hybridized carbons (Fsp3) is 0.364. The molecule has 0 saturated carbocycles. The summed E-state index contributed by atoms with van der Waals surface area (Å²) in [7, 11) is 0. The normalized spacial score (nSPS) is 19.9. The van der Waals surface area contributed by atoms with Gasteiger partial charge >= 0.3 is 6.18 Å². The summed E-state index contributed by atoms with van der Waals surface area (Å²) in [5.74, 6) is 0. The molecule has 3 aromatic heterocycles. The van der Waals surface area contributed by atoms with E-state index < -0.39 is 11.9 Å². The highest BCUT2D eigenvalue weighted by Gasteiger charge is 2.37. The highest BCUT2D eigenvalue weighted by atomic mass is 19.4. The van der Waals surface area contributed by atoms with Gasteiger partial charge in [0.2, 0.25) is 0 Å². The highest BCUT2D eigenvalue weighted by Crippen LogP contribution is 2.42. The second kappa shape index (κ2) is 10.9. The Hall–Kier alpha value is -4.02. The maximum absolute atomic E-state index is 13.8. The minimum absolute atomic E-state index is 0.000972. The summed E-state index contributed by atoms with van der Waals surface area (Å²) in [4.78, 5) is 7.26. The molecule has 0 unspecified atom stereocenters. The first-order valence-corrected chi connectivity index (χ1v) is 14.8. The molecule has 7 rings (SSSR count). The number of halogens is 3. The van der Waals surface area contributed by atoms with Gasteiger partial charge in [-0.05, 0) is 80.0 Å². The van der Waals surface area contributed by atoms with E-state index in [-0.39, 0.29) is 17.8 Å². The van der Waals surface area contributed by atoms with E-state index in [4.69, 9.17) is 9.72 Å². The molecule has 10 heteroatoms. The third-order valence-corrected chi connectivity index (χ3v) is 8.52. The quantitative estimate of drug-likeness (QED) is 0.228. The van der Waals surface area contributed by atoms with Crippen LogP contribution < -0.4 is 0 Å². The lowest BCUT2D eigenvalue weighted by atomic mass is 9.85. The van der Waals surface area contributed by atoms with Crippen molar-refractivity contribution in [1.29, 1.82) is 0 Å². The maximum atomic E-state index is 13.8. The van der Waals surface area contributed by atoms with Gasteiger partial charge in [-0.2, -0.15) is 23.4 Å². The number of hydrogen-bond acceptors (Lipinski definition) is 5. The smallest absolute Gasteiger partial charge is 0.373 e. The molecule has 2 aliphatic rings. The Balaban J connectivity index is 1.24. The molecule has 0 amide bonds. The van der Waals surface area contributed by atoms with Crippen molar-refractivity contribution in [2.45, 2.75) is 64.5 Å². The number of benzene rings is 2. The molecule has 1 saturated heterocycles. The van der Waals surface area contributed by atoms with Gasteiger partial charge in [0, 0.05) is 30.4 Å². The van der Waals surface area contributed by atoms with Crippen LogP contribution in [-0.2, 0) is 30.3 Å². The Labute approximate surface area is 247 Å². The van der Waals surface area contributed by atoms with Crippen molar-refractivity contribution >= 4 is 34.0 Å². The van der Waals surface area contributed by atoms with Crippen molar-refractivity contribution in [3.8, 4) is 11.3 Å². The monoisotopic (exact) mass is 586 g/mol. The molecular weight excluding hydrogens is 553 g/mol. The minimum Gasteiger partial charge on any atom is -0.373 e. The van der Waals surface area contributed by atoms with Crippen LogP contribution in [0.25, 0.3) is 45.2 Å². The van der Waals surface area contributed by atoms with Gasteiger partial charge in [0.25, 0.3) is 0 Å². The Morgan fingerprint density at radius 1 is 0.930 bits per heavy atom. The summed E-state index contributed by atoms with van der Waals surface area (Å²) >= 11 is 0. The number of fused-ring (bicyclic) bond motifs is 5. The van der Waals surface area contributed by atoms with Crippen LogP contribution in [0.1, 0.15) is 60.3 Å². The zero-order chi connectivity index (χ0) is 29.7. The van der Waals surface area contributed by atoms with Crippen LogP contribution in [-0.4, -0.2) is 55.6 Å². The predicted molar refractivity (Wildman–Crippen MR) is 161 cm³/mol. The van der Waals surface area contributed by atoms with Gasteiger partial charge < -0.3 is 4.74 Å². The van der Waals surface area contributed by atoms with Crippen molar-refractivity contribution in [2.24, 2.45) is 0 Å². The number of aromatic nitrogens is 5. The van der Waals surface area contributed by atoms with Gasteiger partial charge in [-0.15, -0.1) is 0 Å². The number of alkyl halides is 3. The van der Waals surface area contributed by atoms with Gasteiger partial charge in [-0.1, -0.05) is 30.3 Å². The first-order valence-electron chi connectivity index (χ1n) is 14.8. The molecule has 0 radical (unpaired) electrons. The molecule has 2 aromatic carbocycles. The van der Waals surface area contributed by atoms with Crippen LogP contribution in [0.15, 0.2) is 42.6 Å². The molecule has 1 aliphatic heterocycles. The second-order valence-corrected chi connectivity index (χ2v) is 11.8. The number of H-pyrrole nitrogens is 2. The summed E-state index contributed by atoms with van der Waals surface area (Å²) in [6.45, 7) is 6.98. The standard InChI is InChI=1S/C33H33F3N6O/c1-19-16-42(17-20(2)43-19)18-22-9-7-21(8-10-22)11-12-27-30-28(40-39-27)14-13-26-29(30)23-5-3-4-6-24(23)31(38-26)25-15-37-41-32(25)33(34,35)36/h7-15,19-20H,3-6,16-18H2,1-2H3,(H,37,41)(H,39,40)/b12-11+/t19-,20+. The molecular formula is C33H33F3N6O. The Morgan fingerprint density at radius 2 is 1.67 bits per heavy atom. The van der Waals surface area contributed by atoms with E-state index in [1.807, 2.05) is 24.3 Å². The molecule has 4 heterocycles. The molecule has 2 N–H and O–H groups in total. The van der Waals surface area contributed by atoms with E-state index in [0.717, 1.165) is 77.6 Å². The van der Waals surface area contributed by atoms with Crippen LogP contribution in [0.3, 0.4) is 0 Å². The first kappa shape index (κ1) is 27.8. The Kier molecular flexibility index (Phi) is 7.05. The Bertz CT molecular complexity index is 1810. The van der Waals surface area contributed by atoms with Crippen molar-refractivity contribution in [1.82, 2.24) is 30.3 Å². The lowest BCUT2D eigenvalue weighted by molar-refractivity contribution is -0.140. The van der Waals surface area contributed by atoms with E-state index >= 15 is 0 Å². The summed E-state index contributed by atoms with van der Waals surface area (Å²) in [6.07, 6.45) is 4.53. The second-order valence-electron chi connectivity index (χ2n) is 11.8. The van der Waals surface area contributed by atoms with Crippen LogP contribution in [0.2, 0.25) is 0 Å². The van der Waals surface area contributed by atoms with Crippen molar-refractivity contribution in [2.75, 3.05) is 13.1 Å². The summed E-state index contributed by atoms with van der Waals surface area (Å²) in [5.41, 5.74) is 6.06. The predicted octanol–water partition coefficient (Wildman–Crippen LogP) is 7.18. The topological polar surface area (TPSA) is 82.7 Å². The fourth-order valence-electron chi connectivity index (χ4n) is 6.76. The number of aromatic amines is 2. The number of ether oxygens (including phenoxy) is 1. The number of nitrogens with one attached hydrogen (secondary N) is 2. The van der Waals surface area contributed by atoms with Crippen LogP contribution >= 0.6 is 0 Å². The molecule has 43 heavy (non-hydrogen) atoms. The van der Waals surface area contributed by atoms with Gasteiger partial charge in [-0.25, -0.2) is 4.98 Å². The van der Waals surface area contributed by atoms with Crippen molar-refractivity contribution < 1.29 is 17.9 Å². The SMILES string of the molecule is C[C@@H]1CN(Cc2ccc(/C=C/c3n[nH]c4ccc5nc(-c6cn[nH]c6C(F)(F)F)c6c(c5c34)CCCC6)cc2)C[C@H](C)O1. The average molecular weight is 587 g/mol. The van der Waals surface area contributed by atoms with Crippen molar-refractivity contribution in [3.05, 3.63) is 76.2 Å². The molecule has 1 aliphatic carbocycles. The van der Waals surface area contributed by atoms with Crippen molar-refractivity contribution in [3.63, 3.8) is 0 Å². The van der Waals surface area contributed by atoms with E-state index in [0.29, 0.717) is 17.6 Å². The van der Waals surface area contributed by atoms with Gasteiger partial charge in [0.05, 0.1) is 46.4 Å². The summed E-state index contributed by atoms with van der Waals surface area (Å²) in [5, 5.41) is 15.5. The molecule has 0 spiro atoms. The third kappa shape index (κ3) is 5.34. The average Bonchev–Trinajstić information content (AvgIpc) is 3.64. The largest absolute Gasteiger partial charge is 0.433 e. The lowest BCUT2D eigenvalue weighted by Gasteiger charge is -2.35. The van der Waals surface area contributed by atoms with Gasteiger partial charge in [0.1, 0.15) is 5.69 Å². The molecule has 7 nitrogen and oxygen atoms in total. The van der Waals surface area contributed by atoms with E-state index in [1.165, 1.54) is 11.8 Å². The third-order valence-electron chi connectivity index (χ3n) is 8.52. The number of morpholine rings is 1. The molecule has 5 aromatic rings. The van der Waals surface area contributed by atoms with Gasteiger partial charge in [0.15, 0.2) is 0 Å². The molecule has 0 bridgehead atoms. The number of pyridine rings is 1. The van der Waals surface area contributed by atoms with Crippen LogP contribution in [0.4, 0.5) is 13.2 Å². The van der Waals surface area contributed by atoms with E-state index in [1.54, 1.807) is 0 Å². The Morgan fingerprint density at radius 3 is 2.42 bits per heavy atom. The number of hydrogen-bond donors (Lipinski definition) is 2. The minimum atomic E-state index is -4.55. The maximum Gasteiger partial charge on any atom is 0.433 e. The molecule has 2 atom stereocenters. The van der Waals surface area contributed by atoms with Gasteiger partial charge in [-0.3, -0.25) is 15.1 Å². The summed E-state index contributed by atoms with van der Waals surface area (Å²) in [6, 6.07) is 12.3. The number of rotatable bonds is 5. The van der Waals surface area contributed by atoms with E-state index in [9.17, 15) is 13.2 Å². The lowest BCUT2D eigenvalue weighted by Crippen LogP contribution is -2.44. The van der Waals surface area contributed by atoms with E-state index in [2.05, 4.69) is 63.4 Å². The molecule has 222 valence electrons.